The number of hydrogen-bond acceptors (Lipinski definition) is 5. The Labute approximate surface area is 269 Å². The molecule has 0 aliphatic carbocycles. The fraction of sp³-hybridized carbons (Fsp3) is 0.278. The summed E-state index contributed by atoms with van der Waals surface area (Å²) >= 11 is 0. The van der Waals surface area contributed by atoms with E-state index in [0.29, 0.717) is 19.7 Å². The third kappa shape index (κ3) is 8.35. The summed E-state index contributed by atoms with van der Waals surface area (Å²) in [6, 6.07) is 36.2. The molecule has 0 bridgehead atoms. The normalized spacial score (nSPS) is 13.5. The Morgan fingerprint density at radius 1 is 0.800 bits per heavy atom. The molecule has 9 heteroatoms. The van der Waals surface area contributed by atoms with Crippen LogP contribution >= 0.6 is 12.4 Å². The van der Waals surface area contributed by atoms with E-state index in [4.69, 9.17) is 9.47 Å². The number of hydrogen-bond donors (Lipinski definition) is 1. The molecule has 0 atom stereocenters. The molecular formula is C36H39ClN4O4. The van der Waals surface area contributed by atoms with Crippen molar-refractivity contribution in [2.75, 3.05) is 26.2 Å². The predicted molar refractivity (Wildman–Crippen MR) is 179 cm³/mol. The highest BCUT2D eigenvalue weighted by atomic mass is 35.5. The van der Waals surface area contributed by atoms with Crippen LogP contribution in [-0.2, 0) is 17.8 Å². The van der Waals surface area contributed by atoms with Gasteiger partial charge in [0, 0.05) is 38.8 Å². The van der Waals surface area contributed by atoms with Crippen LogP contribution in [0.2, 0.25) is 0 Å². The van der Waals surface area contributed by atoms with Gasteiger partial charge in [-0.3, -0.25) is 9.47 Å². The number of halogens is 1. The van der Waals surface area contributed by atoms with Crippen molar-refractivity contribution in [3.05, 3.63) is 131 Å². The summed E-state index contributed by atoms with van der Waals surface area (Å²) in [6.45, 7) is 3.80. The lowest BCUT2D eigenvalue weighted by Gasteiger charge is -2.32. The number of benzene rings is 4. The fourth-order valence-electron chi connectivity index (χ4n) is 5.93. The van der Waals surface area contributed by atoms with Crippen molar-refractivity contribution in [2.45, 2.75) is 38.4 Å². The molecule has 1 aliphatic heterocycles. The molecule has 0 spiro atoms. The van der Waals surface area contributed by atoms with E-state index in [1.165, 1.54) is 5.56 Å². The van der Waals surface area contributed by atoms with E-state index in [1.54, 1.807) is 4.90 Å². The highest BCUT2D eigenvalue weighted by Crippen LogP contribution is 2.26. The second-order valence-electron chi connectivity index (χ2n) is 11.3. The van der Waals surface area contributed by atoms with E-state index < -0.39 is 0 Å². The molecule has 1 N–H and O–H groups in total. The third-order valence-electron chi connectivity index (χ3n) is 8.09. The number of fused-ring (bicyclic) bond motifs is 1. The topological polar surface area (TPSA) is 79.8 Å². The third-order valence-corrected chi connectivity index (χ3v) is 8.09. The van der Waals surface area contributed by atoms with Gasteiger partial charge >= 0.3 is 11.8 Å². The van der Waals surface area contributed by atoms with Crippen molar-refractivity contribution < 1.29 is 14.3 Å². The summed E-state index contributed by atoms with van der Waals surface area (Å²) in [5, 5.41) is 0. The van der Waals surface area contributed by atoms with E-state index in [1.807, 2.05) is 77.4 Å². The first-order chi connectivity index (χ1) is 21.6. The van der Waals surface area contributed by atoms with Crippen LogP contribution in [0.4, 0.5) is 4.79 Å². The second-order valence-corrected chi connectivity index (χ2v) is 11.3. The average Bonchev–Trinajstić information content (AvgIpc) is 3.39. The molecule has 0 unspecified atom stereocenters. The summed E-state index contributed by atoms with van der Waals surface area (Å²) in [6.07, 6.45) is 1.87. The molecular weight excluding hydrogens is 588 g/mol. The Bertz CT molecular complexity index is 1720. The molecule has 6 rings (SSSR count). The Kier molecular flexibility index (Phi) is 11.0. The predicted octanol–water partition coefficient (Wildman–Crippen LogP) is 7.41. The molecule has 1 aromatic heterocycles. The number of aromatic nitrogens is 2. The standard InChI is InChI=1S/C36H38N4O4.ClH/c41-35-37-33-17-7-8-18-34(33)40(35)30-19-22-39(23-20-30)36(42)43-24-10-21-38(26-28-11-3-1-4-12-28)27-29-13-9-16-32(25-29)44-31-14-5-2-6-15-31;/h1-9,11-18,25,30H,10,19-24,26-27H2,(H,37,41);1H. The number of carbonyl (C=O) groups excluding carboxylic acids is 1. The maximum atomic E-state index is 12.9. The van der Waals surface area contributed by atoms with Gasteiger partial charge in [0.1, 0.15) is 11.5 Å². The number of H-pyrrole nitrogens is 1. The summed E-state index contributed by atoms with van der Waals surface area (Å²) in [5.74, 6) is 1.62. The van der Waals surface area contributed by atoms with E-state index in [0.717, 1.165) is 67.0 Å². The number of nitrogens with one attached hydrogen (secondary N) is 1. The van der Waals surface area contributed by atoms with Crippen molar-refractivity contribution in [2.24, 2.45) is 0 Å². The van der Waals surface area contributed by atoms with E-state index >= 15 is 0 Å². The zero-order valence-electron chi connectivity index (χ0n) is 25.2. The van der Waals surface area contributed by atoms with Gasteiger partial charge in [0.25, 0.3) is 0 Å². The van der Waals surface area contributed by atoms with Gasteiger partial charge in [0.2, 0.25) is 0 Å². The minimum Gasteiger partial charge on any atom is -0.457 e. The van der Waals surface area contributed by atoms with Crippen molar-refractivity contribution in [3.8, 4) is 11.5 Å². The number of ether oxygens (including phenoxy) is 2. The molecule has 0 radical (unpaired) electrons. The number of nitrogens with zero attached hydrogens (tertiary/aromatic N) is 3. The summed E-state index contributed by atoms with van der Waals surface area (Å²) in [4.78, 5) is 32.5. The van der Waals surface area contributed by atoms with Crippen LogP contribution in [0.1, 0.15) is 36.4 Å². The highest BCUT2D eigenvalue weighted by molar-refractivity contribution is 5.85. The lowest BCUT2D eigenvalue weighted by atomic mass is 10.0. The fourth-order valence-corrected chi connectivity index (χ4v) is 5.93. The summed E-state index contributed by atoms with van der Waals surface area (Å²) < 4.78 is 13.6. The molecule has 234 valence electrons. The first-order valence-corrected chi connectivity index (χ1v) is 15.3. The summed E-state index contributed by atoms with van der Waals surface area (Å²) in [7, 11) is 0. The van der Waals surface area contributed by atoms with Gasteiger partial charge in [0.05, 0.1) is 17.6 Å². The molecule has 1 aliphatic rings. The maximum Gasteiger partial charge on any atom is 0.409 e. The monoisotopic (exact) mass is 626 g/mol. The minimum absolute atomic E-state index is 0. The first-order valence-electron chi connectivity index (χ1n) is 15.3. The number of imidazole rings is 1. The zero-order valence-corrected chi connectivity index (χ0v) is 26.0. The van der Waals surface area contributed by atoms with Crippen LogP contribution < -0.4 is 10.4 Å². The van der Waals surface area contributed by atoms with Crippen LogP contribution in [0, 0.1) is 0 Å². The van der Waals surface area contributed by atoms with E-state index in [2.05, 4.69) is 46.3 Å². The van der Waals surface area contributed by atoms with Crippen molar-refractivity contribution >= 4 is 29.5 Å². The number of likely N-dealkylation sites (tertiary alicyclic amines) is 1. The van der Waals surface area contributed by atoms with Crippen LogP contribution in [0.25, 0.3) is 11.0 Å². The Morgan fingerprint density at radius 3 is 2.22 bits per heavy atom. The number of para-hydroxylation sites is 3. The number of carbonyl (C=O) groups is 1. The Balaban J connectivity index is 0.00000400. The molecule has 45 heavy (non-hydrogen) atoms. The molecule has 4 aromatic carbocycles. The van der Waals surface area contributed by atoms with Gasteiger partial charge in [-0.05, 0) is 66.8 Å². The van der Waals surface area contributed by atoms with Crippen LogP contribution in [-0.4, -0.2) is 51.7 Å². The molecule has 0 saturated carbocycles. The van der Waals surface area contributed by atoms with Crippen LogP contribution in [0.5, 0.6) is 11.5 Å². The quantitative estimate of drug-likeness (QED) is 0.154. The molecule has 8 nitrogen and oxygen atoms in total. The second kappa shape index (κ2) is 15.5. The Hall–Kier alpha value is -4.53. The van der Waals surface area contributed by atoms with Gasteiger partial charge in [-0.1, -0.05) is 72.8 Å². The van der Waals surface area contributed by atoms with Gasteiger partial charge in [-0.15, -0.1) is 12.4 Å². The van der Waals surface area contributed by atoms with E-state index in [-0.39, 0.29) is 30.2 Å². The minimum atomic E-state index is -0.282. The molecule has 5 aromatic rings. The number of rotatable bonds is 11. The smallest absolute Gasteiger partial charge is 0.409 e. The average molecular weight is 627 g/mol. The lowest BCUT2D eigenvalue weighted by molar-refractivity contribution is 0.0840. The lowest BCUT2D eigenvalue weighted by Crippen LogP contribution is -2.41. The SMILES string of the molecule is Cl.O=C(OCCCN(Cc1ccccc1)Cc1cccc(Oc2ccccc2)c1)N1CCC(n2c(=O)[nH]c3ccccc32)CC1. The Morgan fingerprint density at radius 2 is 1.44 bits per heavy atom. The van der Waals surface area contributed by atoms with Gasteiger partial charge in [-0.25, -0.2) is 9.59 Å². The molecule has 1 amide bonds. The van der Waals surface area contributed by atoms with Gasteiger partial charge in [-0.2, -0.15) is 0 Å². The molecule has 1 saturated heterocycles. The zero-order chi connectivity index (χ0) is 30.1. The highest BCUT2D eigenvalue weighted by Gasteiger charge is 2.26. The molecule has 1 fully saturated rings. The van der Waals surface area contributed by atoms with Crippen molar-refractivity contribution in [3.63, 3.8) is 0 Å². The maximum absolute atomic E-state index is 12.9. The number of amides is 1. The largest absolute Gasteiger partial charge is 0.457 e. The van der Waals surface area contributed by atoms with Gasteiger partial charge < -0.3 is 19.4 Å². The van der Waals surface area contributed by atoms with Crippen molar-refractivity contribution in [1.29, 1.82) is 0 Å². The number of piperidine rings is 1. The van der Waals surface area contributed by atoms with E-state index in [9.17, 15) is 9.59 Å². The van der Waals surface area contributed by atoms with Gasteiger partial charge in [0.15, 0.2) is 0 Å². The summed E-state index contributed by atoms with van der Waals surface area (Å²) in [5.41, 5.74) is 4.05. The molecule has 2 heterocycles. The van der Waals surface area contributed by atoms with Crippen LogP contribution in [0.3, 0.4) is 0 Å². The first kappa shape index (κ1) is 31.9. The van der Waals surface area contributed by atoms with Crippen LogP contribution in [0.15, 0.2) is 114 Å². The van der Waals surface area contributed by atoms with Crippen molar-refractivity contribution in [1.82, 2.24) is 19.4 Å². The number of aromatic amines is 1.